The Bertz CT molecular complexity index is 1660. The third-order valence-corrected chi connectivity index (χ3v) is 8.18. The molecule has 6 aromatic rings. The van der Waals surface area contributed by atoms with Crippen molar-refractivity contribution in [2.75, 3.05) is 4.90 Å². The van der Waals surface area contributed by atoms with E-state index in [2.05, 4.69) is 158 Å². The molecule has 0 amide bonds. The molecule has 0 saturated heterocycles. The molecule has 0 fully saturated rings. The summed E-state index contributed by atoms with van der Waals surface area (Å²) < 4.78 is 2.38. The fourth-order valence-electron chi connectivity index (χ4n) is 5.92. The Hall–Kier alpha value is -4.30. The van der Waals surface area contributed by atoms with Gasteiger partial charge < -0.3 is 9.47 Å². The topological polar surface area (TPSA) is 8.17 Å². The van der Waals surface area contributed by atoms with Crippen LogP contribution in [0.4, 0.5) is 5.69 Å². The normalized spacial score (nSPS) is 13.1. The van der Waals surface area contributed by atoms with Crippen molar-refractivity contribution in [3.8, 4) is 5.69 Å². The summed E-state index contributed by atoms with van der Waals surface area (Å²) in [6.45, 7) is 9.10. The van der Waals surface area contributed by atoms with Crippen molar-refractivity contribution < 1.29 is 0 Å². The van der Waals surface area contributed by atoms with Gasteiger partial charge in [0, 0.05) is 22.1 Å². The summed E-state index contributed by atoms with van der Waals surface area (Å²) >= 11 is 0. The maximum Gasteiger partial charge on any atom is 0.0541 e. The highest BCUT2D eigenvalue weighted by molar-refractivity contribution is 6.09. The first-order chi connectivity index (χ1) is 18.5. The quantitative estimate of drug-likeness (QED) is 0.224. The standard InChI is InChI=1S/C36H34N2/c1-25-13-12-20-34(26(25)2)37(27(3)29-14-6-5-7-15-29)28(4)30-21-23-31(24-22-30)38-35-18-10-8-16-32(35)33-17-9-11-19-36(33)38/h5-24,27-28H,1-4H3. The van der Waals surface area contributed by atoms with Crippen LogP contribution >= 0.6 is 0 Å². The lowest BCUT2D eigenvalue weighted by Gasteiger charge is -2.39. The van der Waals surface area contributed by atoms with Crippen LogP contribution in [0.3, 0.4) is 0 Å². The van der Waals surface area contributed by atoms with Crippen molar-refractivity contribution in [3.63, 3.8) is 0 Å². The zero-order chi connectivity index (χ0) is 26.2. The van der Waals surface area contributed by atoms with Gasteiger partial charge in [-0.15, -0.1) is 0 Å². The Labute approximate surface area is 225 Å². The van der Waals surface area contributed by atoms with E-state index in [9.17, 15) is 0 Å². The molecule has 2 unspecified atom stereocenters. The van der Waals surface area contributed by atoms with Gasteiger partial charge in [0.1, 0.15) is 0 Å². The van der Waals surface area contributed by atoms with Gasteiger partial charge in [-0.3, -0.25) is 0 Å². The number of aromatic nitrogens is 1. The number of hydrogen-bond donors (Lipinski definition) is 0. The van der Waals surface area contributed by atoms with Crippen molar-refractivity contribution in [1.29, 1.82) is 0 Å². The zero-order valence-corrected chi connectivity index (χ0v) is 22.6. The fourth-order valence-corrected chi connectivity index (χ4v) is 5.92. The minimum absolute atomic E-state index is 0.193. The van der Waals surface area contributed by atoms with Crippen LogP contribution in [-0.4, -0.2) is 4.57 Å². The van der Waals surface area contributed by atoms with Gasteiger partial charge >= 0.3 is 0 Å². The van der Waals surface area contributed by atoms with Gasteiger partial charge in [-0.2, -0.15) is 0 Å². The highest BCUT2D eigenvalue weighted by atomic mass is 15.2. The van der Waals surface area contributed by atoms with E-state index < -0.39 is 0 Å². The molecule has 0 saturated carbocycles. The van der Waals surface area contributed by atoms with E-state index in [1.807, 2.05) is 0 Å². The largest absolute Gasteiger partial charge is 0.358 e. The number of para-hydroxylation sites is 2. The van der Waals surface area contributed by atoms with Crippen LogP contribution in [0.25, 0.3) is 27.5 Å². The molecular formula is C36H34N2. The molecule has 188 valence electrons. The molecule has 1 aromatic heterocycles. The maximum atomic E-state index is 2.58. The fraction of sp³-hybridized carbons (Fsp3) is 0.167. The van der Waals surface area contributed by atoms with Gasteiger partial charge in [0.05, 0.1) is 23.1 Å². The van der Waals surface area contributed by atoms with Crippen LogP contribution in [0.5, 0.6) is 0 Å². The predicted molar refractivity (Wildman–Crippen MR) is 162 cm³/mol. The molecule has 38 heavy (non-hydrogen) atoms. The molecule has 2 nitrogen and oxygen atoms in total. The second-order valence-electron chi connectivity index (χ2n) is 10.4. The molecule has 0 radical (unpaired) electrons. The van der Waals surface area contributed by atoms with E-state index in [0.717, 1.165) is 0 Å². The number of benzene rings is 5. The number of nitrogens with zero attached hydrogens (tertiary/aromatic N) is 2. The van der Waals surface area contributed by atoms with E-state index in [-0.39, 0.29) is 12.1 Å². The van der Waals surface area contributed by atoms with Crippen LogP contribution < -0.4 is 4.90 Å². The lowest BCUT2D eigenvalue weighted by atomic mass is 9.97. The minimum Gasteiger partial charge on any atom is -0.358 e. The second-order valence-corrected chi connectivity index (χ2v) is 10.4. The highest BCUT2D eigenvalue weighted by Gasteiger charge is 2.25. The monoisotopic (exact) mass is 494 g/mol. The van der Waals surface area contributed by atoms with Gasteiger partial charge in [-0.25, -0.2) is 0 Å². The summed E-state index contributed by atoms with van der Waals surface area (Å²) in [6.07, 6.45) is 0. The Balaban J connectivity index is 1.43. The maximum absolute atomic E-state index is 2.58. The number of aryl methyl sites for hydroxylation is 1. The van der Waals surface area contributed by atoms with Crippen molar-refractivity contribution >= 4 is 27.5 Å². The molecule has 0 bridgehead atoms. The van der Waals surface area contributed by atoms with Crippen LogP contribution in [0.15, 0.2) is 121 Å². The predicted octanol–water partition coefficient (Wildman–Crippen LogP) is 9.73. The van der Waals surface area contributed by atoms with E-state index in [1.165, 1.54) is 55.4 Å². The first-order valence-electron chi connectivity index (χ1n) is 13.5. The summed E-state index contributed by atoms with van der Waals surface area (Å²) in [4.78, 5) is 2.58. The molecule has 0 N–H and O–H groups in total. The third-order valence-electron chi connectivity index (χ3n) is 8.18. The molecule has 1 heterocycles. The van der Waals surface area contributed by atoms with Crippen molar-refractivity contribution in [2.45, 2.75) is 39.8 Å². The number of rotatable bonds is 6. The van der Waals surface area contributed by atoms with Crippen LogP contribution in [0.1, 0.15) is 48.2 Å². The van der Waals surface area contributed by atoms with Crippen LogP contribution in [0.2, 0.25) is 0 Å². The lowest BCUT2D eigenvalue weighted by molar-refractivity contribution is 0.585. The molecule has 0 aliphatic heterocycles. The van der Waals surface area contributed by atoms with E-state index in [0.29, 0.717) is 0 Å². The summed E-state index contributed by atoms with van der Waals surface area (Å²) in [6, 6.07) is 44.5. The Morgan fingerprint density at radius 1 is 0.526 bits per heavy atom. The van der Waals surface area contributed by atoms with Crippen molar-refractivity contribution in [3.05, 3.63) is 144 Å². The van der Waals surface area contributed by atoms with E-state index >= 15 is 0 Å². The molecule has 5 aromatic carbocycles. The van der Waals surface area contributed by atoms with Gasteiger partial charge in [0.25, 0.3) is 0 Å². The number of hydrogen-bond acceptors (Lipinski definition) is 1. The lowest BCUT2D eigenvalue weighted by Crippen LogP contribution is -2.30. The molecule has 0 aliphatic rings. The number of fused-ring (bicyclic) bond motifs is 3. The van der Waals surface area contributed by atoms with E-state index in [1.54, 1.807) is 0 Å². The highest BCUT2D eigenvalue weighted by Crippen LogP contribution is 2.39. The van der Waals surface area contributed by atoms with Gasteiger partial charge in [0.15, 0.2) is 0 Å². The average molecular weight is 495 g/mol. The zero-order valence-electron chi connectivity index (χ0n) is 22.6. The molecule has 2 atom stereocenters. The van der Waals surface area contributed by atoms with Crippen LogP contribution in [0, 0.1) is 13.8 Å². The van der Waals surface area contributed by atoms with Crippen molar-refractivity contribution in [1.82, 2.24) is 4.57 Å². The van der Waals surface area contributed by atoms with Gasteiger partial charge in [-0.05, 0) is 80.3 Å². The van der Waals surface area contributed by atoms with Gasteiger partial charge in [-0.1, -0.05) is 91.0 Å². The Morgan fingerprint density at radius 3 is 1.66 bits per heavy atom. The smallest absolute Gasteiger partial charge is 0.0541 e. The molecule has 6 rings (SSSR count). The first kappa shape index (κ1) is 24.1. The van der Waals surface area contributed by atoms with Crippen molar-refractivity contribution in [2.24, 2.45) is 0 Å². The summed E-state index contributed by atoms with van der Waals surface area (Å²) in [5.74, 6) is 0. The molecule has 0 aliphatic carbocycles. The average Bonchev–Trinajstić information content (AvgIpc) is 3.30. The second kappa shape index (κ2) is 9.87. The summed E-state index contributed by atoms with van der Waals surface area (Å²) in [5, 5.41) is 2.58. The SMILES string of the molecule is Cc1cccc(N(C(C)c2ccccc2)C(C)c2ccc(-n3c4ccccc4c4ccccc43)cc2)c1C. The Morgan fingerprint density at radius 2 is 1.05 bits per heavy atom. The van der Waals surface area contributed by atoms with E-state index in [4.69, 9.17) is 0 Å². The summed E-state index contributed by atoms with van der Waals surface area (Å²) in [5.41, 5.74) is 10.2. The molecular weight excluding hydrogens is 460 g/mol. The number of anilines is 1. The Kier molecular flexibility index (Phi) is 6.25. The molecule has 2 heteroatoms. The first-order valence-corrected chi connectivity index (χ1v) is 13.5. The molecule has 0 spiro atoms. The van der Waals surface area contributed by atoms with Crippen LogP contribution in [-0.2, 0) is 0 Å². The third kappa shape index (κ3) is 4.07. The minimum atomic E-state index is 0.193. The van der Waals surface area contributed by atoms with Gasteiger partial charge in [0.2, 0.25) is 0 Å². The summed E-state index contributed by atoms with van der Waals surface area (Å²) in [7, 11) is 0.